The molecule has 13 heavy (non-hydrogen) atoms. The molecule has 1 heterocycles. The van der Waals surface area contributed by atoms with E-state index < -0.39 is 10.1 Å². The quantitative estimate of drug-likeness (QED) is 0.778. The SMILES string of the molecule is O=S(=O)(O)CCc1ccc(Cl)cn1. The zero-order valence-corrected chi connectivity index (χ0v) is 8.22. The first-order valence-corrected chi connectivity index (χ1v) is 5.52. The summed E-state index contributed by atoms with van der Waals surface area (Å²) in [5.74, 6) is -0.318. The number of hydrogen-bond acceptors (Lipinski definition) is 3. The van der Waals surface area contributed by atoms with Crippen LogP contribution in [0.1, 0.15) is 5.69 Å². The van der Waals surface area contributed by atoms with Gasteiger partial charge >= 0.3 is 0 Å². The van der Waals surface area contributed by atoms with E-state index in [1.165, 1.54) is 6.20 Å². The maximum absolute atomic E-state index is 10.4. The zero-order chi connectivity index (χ0) is 9.90. The molecule has 0 fully saturated rings. The third-order valence-corrected chi connectivity index (χ3v) is 2.35. The van der Waals surface area contributed by atoms with E-state index in [2.05, 4.69) is 4.98 Å². The topological polar surface area (TPSA) is 67.3 Å². The monoisotopic (exact) mass is 221 g/mol. The van der Waals surface area contributed by atoms with E-state index in [1.807, 2.05) is 0 Å². The summed E-state index contributed by atoms with van der Waals surface area (Å²) < 4.78 is 29.2. The molecule has 1 aromatic heterocycles. The minimum atomic E-state index is -3.91. The van der Waals surface area contributed by atoms with E-state index >= 15 is 0 Å². The molecule has 0 saturated carbocycles. The van der Waals surface area contributed by atoms with Crippen molar-refractivity contribution in [1.29, 1.82) is 0 Å². The second-order valence-electron chi connectivity index (χ2n) is 2.50. The first kappa shape index (κ1) is 10.4. The lowest BCUT2D eigenvalue weighted by atomic mass is 10.3. The number of hydrogen-bond donors (Lipinski definition) is 1. The van der Waals surface area contributed by atoms with Crippen LogP contribution in [-0.4, -0.2) is 23.7 Å². The molecule has 0 atom stereocenters. The molecule has 0 saturated heterocycles. The molecule has 0 unspecified atom stereocenters. The van der Waals surface area contributed by atoms with Crippen LogP contribution in [0, 0.1) is 0 Å². The standard InChI is InChI=1S/C7H8ClNO3S/c8-6-1-2-7(9-5-6)3-4-13(10,11)12/h1-2,5H,3-4H2,(H,10,11,12). The number of pyridine rings is 1. The largest absolute Gasteiger partial charge is 0.286 e. The van der Waals surface area contributed by atoms with Gasteiger partial charge in [0, 0.05) is 18.3 Å². The van der Waals surface area contributed by atoms with Crippen molar-refractivity contribution in [3.63, 3.8) is 0 Å². The van der Waals surface area contributed by atoms with Crippen LogP contribution in [0.15, 0.2) is 18.3 Å². The number of nitrogens with zero attached hydrogens (tertiary/aromatic N) is 1. The average molecular weight is 222 g/mol. The smallest absolute Gasteiger partial charge is 0.265 e. The molecular formula is C7H8ClNO3S. The van der Waals surface area contributed by atoms with E-state index in [9.17, 15) is 8.42 Å². The van der Waals surface area contributed by atoms with Gasteiger partial charge in [-0.1, -0.05) is 11.6 Å². The van der Waals surface area contributed by atoms with Gasteiger partial charge < -0.3 is 0 Å². The van der Waals surface area contributed by atoms with Gasteiger partial charge in [-0.25, -0.2) is 0 Å². The van der Waals surface area contributed by atoms with Gasteiger partial charge in [-0.15, -0.1) is 0 Å². The van der Waals surface area contributed by atoms with Crippen molar-refractivity contribution in [1.82, 2.24) is 4.98 Å². The fourth-order valence-electron chi connectivity index (χ4n) is 0.788. The Morgan fingerprint density at radius 1 is 1.46 bits per heavy atom. The third kappa shape index (κ3) is 4.21. The van der Waals surface area contributed by atoms with Gasteiger partial charge in [-0.2, -0.15) is 8.42 Å². The molecule has 1 N–H and O–H groups in total. The van der Waals surface area contributed by atoms with Gasteiger partial charge in [-0.3, -0.25) is 9.54 Å². The molecule has 0 aromatic carbocycles. The highest BCUT2D eigenvalue weighted by Gasteiger charge is 2.05. The first-order chi connectivity index (χ1) is 5.97. The average Bonchev–Trinajstić information content (AvgIpc) is 2.02. The summed E-state index contributed by atoms with van der Waals surface area (Å²) in [6.07, 6.45) is 1.62. The summed E-state index contributed by atoms with van der Waals surface area (Å²) in [6, 6.07) is 3.24. The summed E-state index contributed by atoms with van der Waals surface area (Å²) >= 11 is 5.57. The van der Waals surface area contributed by atoms with Crippen molar-refractivity contribution in [2.24, 2.45) is 0 Å². The lowest BCUT2D eigenvalue weighted by Crippen LogP contribution is -2.07. The minimum absolute atomic E-state index is 0.190. The van der Waals surface area contributed by atoms with Crippen LogP contribution in [0.5, 0.6) is 0 Å². The molecule has 0 bridgehead atoms. The van der Waals surface area contributed by atoms with Crippen molar-refractivity contribution in [2.45, 2.75) is 6.42 Å². The van der Waals surface area contributed by atoms with Crippen LogP contribution < -0.4 is 0 Å². The van der Waals surface area contributed by atoms with Crippen molar-refractivity contribution < 1.29 is 13.0 Å². The van der Waals surface area contributed by atoms with Gasteiger partial charge in [-0.05, 0) is 12.1 Å². The van der Waals surface area contributed by atoms with Crippen LogP contribution in [0.4, 0.5) is 0 Å². The Kier molecular flexibility index (Phi) is 3.24. The Morgan fingerprint density at radius 3 is 2.62 bits per heavy atom. The van der Waals surface area contributed by atoms with Gasteiger partial charge in [0.2, 0.25) is 0 Å². The molecule has 72 valence electrons. The molecule has 4 nitrogen and oxygen atoms in total. The second kappa shape index (κ2) is 4.04. The fraction of sp³-hybridized carbons (Fsp3) is 0.286. The Bertz CT molecular complexity index is 373. The zero-order valence-electron chi connectivity index (χ0n) is 6.64. The molecule has 0 aliphatic heterocycles. The lowest BCUT2D eigenvalue weighted by Gasteiger charge is -1.97. The highest BCUT2D eigenvalue weighted by Crippen LogP contribution is 2.06. The van der Waals surface area contributed by atoms with Gasteiger partial charge in [0.25, 0.3) is 10.1 Å². The van der Waals surface area contributed by atoms with Crippen LogP contribution in [0.25, 0.3) is 0 Å². The molecular weight excluding hydrogens is 214 g/mol. The third-order valence-electron chi connectivity index (χ3n) is 1.40. The number of rotatable bonds is 3. The molecule has 0 aliphatic rings. The first-order valence-electron chi connectivity index (χ1n) is 3.53. The lowest BCUT2D eigenvalue weighted by molar-refractivity contribution is 0.482. The van der Waals surface area contributed by atoms with E-state index in [1.54, 1.807) is 12.1 Å². The highest BCUT2D eigenvalue weighted by atomic mass is 35.5. The Balaban J connectivity index is 2.61. The fourth-order valence-corrected chi connectivity index (χ4v) is 1.37. The van der Waals surface area contributed by atoms with Crippen LogP contribution in [0.2, 0.25) is 5.02 Å². The molecule has 1 aromatic rings. The molecule has 0 aliphatic carbocycles. The predicted octanol–water partition coefficient (Wildman–Crippen LogP) is 1.17. The maximum atomic E-state index is 10.4. The number of halogens is 1. The van der Waals surface area contributed by atoms with Gasteiger partial charge in [0.15, 0.2) is 0 Å². The summed E-state index contributed by atoms with van der Waals surface area (Å²) in [7, 11) is -3.91. The minimum Gasteiger partial charge on any atom is -0.286 e. The Morgan fingerprint density at radius 2 is 2.15 bits per heavy atom. The normalized spacial score (nSPS) is 11.5. The maximum Gasteiger partial charge on any atom is 0.265 e. The molecule has 0 amide bonds. The molecule has 1 rings (SSSR count). The van der Waals surface area contributed by atoms with E-state index in [-0.39, 0.29) is 12.2 Å². The Labute approximate surface area is 81.3 Å². The summed E-state index contributed by atoms with van der Waals surface area (Å²) in [5, 5.41) is 0.496. The van der Waals surface area contributed by atoms with E-state index in [0.29, 0.717) is 10.7 Å². The van der Waals surface area contributed by atoms with E-state index in [4.69, 9.17) is 16.2 Å². The van der Waals surface area contributed by atoms with Crippen LogP contribution in [0.3, 0.4) is 0 Å². The van der Waals surface area contributed by atoms with Crippen molar-refractivity contribution >= 4 is 21.7 Å². The number of aryl methyl sites for hydroxylation is 1. The molecule has 0 radical (unpaired) electrons. The molecule has 6 heteroatoms. The summed E-state index contributed by atoms with van der Waals surface area (Å²) in [6.45, 7) is 0. The highest BCUT2D eigenvalue weighted by molar-refractivity contribution is 7.85. The second-order valence-corrected chi connectivity index (χ2v) is 4.51. The van der Waals surface area contributed by atoms with E-state index in [0.717, 1.165) is 0 Å². The molecule has 0 spiro atoms. The summed E-state index contributed by atoms with van der Waals surface area (Å²) in [4.78, 5) is 3.87. The van der Waals surface area contributed by atoms with Crippen LogP contribution >= 0.6 is 11.6 Å². The van der Waals surface area contributed by atoms with Crippen molar-refractivity contribution in [3.05, 3.63) is 29.0 Å². The predicted molar refractivity (Wildman–Crippen MR) is 49.4 cm³/mol. The van der Waals surface area contributed by atoms with Gasteiger partial charge in [0.1, 0.15) is 0 Å². The summed E-state index contributed by atoms with van der Waals surface area (Å²) in [5.41, 5.74) is 0.585. The van der Waals surface area contributed by atoms with Crippen molar-refractivity contribution in [3.8, 4) is 0 Å². The Hall–Kier alpha value is -0.650. The van der Waals surface area contributed by atoms with Crippen molar-refractivity contribution in [2.75, 3.05) is 5.75 Å². The van der Waals surface area contributed by atoms with Crippen LogP contribution in [-0.2, 0) is 16.5 Å². The number of aromatic nitrogens is 1. The van der Waals surface area contributed by atoms with Gasteiger partial charge in [0.05, 0.1) is 10.8 Å².